The number of hydrogen-bond acceptors (Lipinski definition) is 6. The molecule has 1 aliphatic rings. The molecule has 0 radical (unpaired) electrons. The van der Waals surface area contributed by atoms with Crippen molar-refractivity contribution in [3.8, 4) is 0 Å². The summed E-state index contributed by atoms with van der Waals surface area (Å²) < 4.78 is 10.1. The number of carbonyl (C=O) groups is 2. The van der Waals surface area contributed by atoms with Gasteiger partial charge in [0.05, 0.1) is 12.4 Å². The molecule has 0 spiro atoms. The van der Waals surface area contributed by atoms with Crippen LogP contribution in [0, 0.1) is 0 Å². The van der Waals surface area contributed by atoms with E-state index in [1.165, 1.54) is 11.8 Å². The predicted octanol–water partition coefficient (Wildman–Crippen LogP) is 0.295. The average Bonchev–Trinajstić information content (AvgIpc) is 2.44. The number of nitrogens with one attached hydrogen (secondary N) is 1. The van der Waals surface area contributed by atoms with E-state index in [0.29, 0.717) is 37.7 Å². The van der Waals surface area contributed by atoms with Crippen molar-refractivity contribution in [3.05, 3.63) is 0 Å². The van der Waals surface area contributed by atoms with Crippen LogP contribution in [-0.2, 0) is 19.1 Å². The molecular weight excluding hydrogens is 280 g/mol. The fourth-order valence-corrected chi connectivity index (χ4v) is 2.69. The van der Waals surface area contributed by atoms with Crippen molar-refractivity contribution in [2.75, 3.05) is 31.3 Å². The van der Waals surface area contributed by atoms with E-state index < -0.39 is 6.04 Å². The van der Waals surface area contributed by atoms with Gasteiger partial charge in [-0.3, -0.25) is 9.59 Å². The number of carbonyl (C=O) groups excluding carboxylic acids is 2. The summed E-state index contributed by atoms with van der Waals surface area (Å²) in [5.74, 6) is 0.722. The highest BCUT2D eigenvalue weighted by Crippen LogP contribution is 2.08. The normalized spacial score (nSPS) is 17.5. The molecule has 1 atom stereocenters. The lowest BCUT2D eigenvalue weighted by molar-refractivity contribution is -0.144. The Morgan fingerprint density at radius 1 is 1.45 bits per heavy atom. The molecule has 1 heterocycles. The van der Waals surface area contributed by atoms with Crippen molar-refractivity contribution in [3.63, 3.8) is 0 Å². The zero-order valence-corrected chi connectivity index (χ0v) is 12.7. The van der Waals surface area contributed by atoms with Gasteiger partial charge in [-0.15, -0.1) is 0 Å². The summed E-state index contributed by atoms with van der Waals surface area (Å²) in [6.45, 7) is 3.52. The third kappa shape index (κ3) is 7.12. The van der Waals surface area contributed by atoms with Gasteiger partial charge in [0.25, 0.3) is 0 Å². The second-order valence-corrected chi connectivity index (χ2v) is 5.76. The van der Waals surface area contributed by atoms with Gasteiger partial charge in [0, 0.05) is 19.3 Å². The molecule has 20 heavy (non-hydrogen) atoms. The smallest absolute Gasteiger partial charge is 0.322 e. The van der Waals surface area contributed by atoms with E-state index in [2.05, 4.69) is 5.32 Å². The van der Waals surface area contributed by atoms with E-state index in [0.717, 1.165) is 12.8 Å². The number of thioether (sulfide) groups is 1. The monoisotopic (exact) mass is 304 g/mol. The van der Waals surface area contributed by atoms with E-state index in [-0.39, 0.29) is 17.9 Å². The van der Waals surface area contributed by atoms with Crippen molar-refractivity contribution in [2.45, 2.75) is 38.3 Å². The first-order valence-corrected chi connectivity index (χ1v) is 8.16. The Morgan fingerprint density at radius 3 is 2.80 bits per heavy atom. The molecule has 0 aromatic heterocycles. The number of ether oxygens (including phenoxy) is 2. The van der Waals surface area contributed by atoms with Crippen molar-refractivity contribution in [1.29, 1.82) is 0 Å². The van der Waals surface area contributed by atoms with Crippen LogP contribution in [0.2, 0.25) is 0 Å². The molecule has 7 heteroatoms. The molecule has 3 N–H and O–H groups in total. The van der Waals surface area contributed by atoms with Gasteiger partial charge in [0.1, 0.15) is 6.04 Å². The Hall–Kier alpha value is -0.790. The van der Waals surface area contributed by atoms with Gasteiger partial charge < -0.3 is 20.5 Å². The fraction of sp³-hybridized carbons (Fsp3) is 0.846. The topological polar surface area (TPSA) is 90.7 Å². The van der Waals surface area contributed by atoms with E-state index in [4.69, 9.17) is 15.2 Å². The Balaban J connectivity index is 2.05. The Kier molecular flexibility index (Phi) is 8.64. The molecule has 1 unspecified atom stereocenters. The van der Waals surface area contributed by atoms with Crippen LogP contribution in [0.5, 0.6) is 0 Å². The number of nitrogens with two attached hydrogens (primary N) is 1. The van der Waals surface area contributed by atoms with Crippen LogP contribution in [0.4, 0.5) is 0 Å². The van der Waals surface area contributed by atoms with Crippen molar-refractivity contribution < 1.29 is 19.1 Å². The van der Waals surface area contributed by atoms with Gasteiger partial charge in [-0.2, -0.15) is 11.8 Å². The first-order chi connectivity index (χ1) is 9.63. The second kappa shape index (κ2) is 10.0. The SMILES string of the molecule is CCOC(=O)C(N)CCSCC(=O)NC1CCOCC1. The summed E-state index contributed by atoms with van der Waals surface area (Å²) in [7, 11) is 0. The highest BCUT2D eigenvalue weighted by Gasteiger charge is 2.17. The van der Waals surface area contributed by atoms with E-state index in [9.17, 15) is 9.59 Å². The highest BCUT2D eigenvalue weighted by atomic mass is 32.2. The summed E-state index contributed by atoms with van der Waals surface area (Å²) in [6.07, 6.45) is 2.28. The van der Waals surface area contributed by atoms with E-state index in [1.807, 2.05) is 0 Å². The zero-order valence-electron chi connectivity index (χ0n) is 11.9. The molecular formula is C13H24N2O4S. The minimum absolute atomic E-state index is 0.0339. The van der Waals surface area contributed by atoms with Crippen LogP contribution in [0.25, 0.3) is 0 Å². The fourth-order valence-electron chi connectivity index (χ4n) is 1.85. The molecule has 1 saturated heterocycles. The molecule has 0 aromatic rings. The molecule has 0 aromatic carbocycles. The molecule has 0 bridgehead atoms. The van der Waals surface area contributed by atoms with Crippen molar-refractivity contribution in [1.82, 2.24) is 5.32 Å². The third-order valence-corrected chi connectivity index (χ3v) is 3.97. The van der Waals surface area contributed by atoms with Gasteiger partial charge in [0.15, 0.2) is 0 Å². The van der Waals surface area contributed by atoms with Crippen LogP contribution < -0.4 is 11.1 Å². The van der Waals surface area contributed by atoms with Crippen LogP contribution in [0.1, 0.15) is 26.2 Å². The maximum atomic E-state index is 11.7. The maximum Gasteiger partial charge on any atom is 0.322 e. The average molecular weight is 304 g/mol. The van der Waals surface area contributed by atoms with Crippen molar-refractivity contribution in [2.24, 2.45) is 5.73 Å². The van der Waals surface area contributed by atoms with E-state index >= 15 is 0 Å². The van der Waals surface area contributed by atoms with Gasteiger partial charge >= 0.3 is 5.97 Å². The first-order valence-electron chi connectivity index (χ1n) is 7.00. The Morgan fingerprint density at radius 2 is 2.15 bits per heavy atom. The number of amides is 1. The standard InChI is InChI=1S/C13H24N2O4S/c1-2-19-13(17)11(14)5-8-20-9-12(16)15-10-3-6-18-7-4-10/h10-11H,2-9,14H2,1H3,(H,15,16). The molecule has 116 valence electrons. The summed E-state index contributed by atoms with van der Waals surface area (Å²) >= 11 is 1.48. The van der Waals surface area contributed by atoms with Crippen LogP contribution in [0.3, 0.4) is 0 Å². The van der Waals surface area contributed by atoms with Crippen LogP contribution in [0.15, 0.2) is 0 Å². The minimum Gasteiger partial charge on any atom is -0.465 e. The summed E-state index contributed by atoms with van der Waals surface area (Å²) in [5.41, 5.74) is 5.67. The second-order valence-electron chi connectivity index (χ2n) is 4.65. The van der Waals surface area contributed by atoms with Crippen LogP contribution in [-0.4, -0.2) is 55.3 Å². The highest BCUT2D eigenvalue weighted by molar-refractivity contribution is 7.99. The van der Waals surface area contributed by atoms with Gasteiger partial charge in [-0.25, -0.2) is 0 Å². The molecule has 6 nitrogen and oxygen atoms in total. The summed E-state index contributed by atoms with van der Waals surface area (Å²) in [5, 5.41) is 2.99. The molecule has 1 fully saturated rings. The molecule has 1 amide bonds. The van der Waals surface area contributed by atoms with Crippen molar-refractivity contribution >= 4 is 23.6 Å². The number of esters is 1. The number of rotatable bonds is 8. The lowest BCUT2D eigenvalue weighted by Gasteiger charge is -2.23. The van der Waals surface area contributed by atoms with Crippen LogP contribution >= 0.6 is 11.8 Å². The summed E-state index contributed by atoms with van der Waals surface area (Å²) in [6, 6.07) is -0.361. The predicted molar refractivity (Wildman–Crippen MR) is 78.5 cm³/mol. The molecule has 1 aliphatic heterocycles. The van der Waals surface area contributed by atoms with Gasteiger partial charge in [-0.05, 0) is 31.9 Å². The minimum atomic E-state index is -0.596. The lowest BCUT2D eigenvalue weighted by atomic mass is 10.1. The zero-order chi connectivity index (χ0) is 14.8. The maximum absolute atomic E-state index is 11.7. The first kappa shape index (κ1) is 17.3. The third-order valence-electron chi connectivity index (χ3n) is 2.98. The quantitative estimate of drug-likeness (QED) is 0.495. The largest absolute Gasteiger partial charge is 0.465 e. The Labute approximate surface area is 124 Å². The molecule has 0 aliphatic carbocycles. The van der Waals surface area contributed by atoms with Gasteiger partial charge in [-0.1, -0.05) is 0 Å². The Bertz CT molecular complexity index is 309. The van der Waals surface area contributed by atoms with Gasteiger partial charge in [0.2, 0.25) is 5.91 Å². The molecule has 0 saturated carbocycles. The summed E-state index contributed by atoms with van der Waals surface area (Å²) in [4.78, 5) is 23.0. The lowest BCUT2D eigenvalue weighted by Crippen LogP contribution is -2.39. The molecule has 1 rings (SSSR count). The number of hydrogen-bond donors (Lipinski definition) is 2. The van der Waals surface area contributed by atoms with E-state index in [1.54, 1.807) is 6.92 Å².